The second kappa shape index (κ2) is 7.09. The predicted molar refractivity (Wildman–Crippen MR) is 80.5 cm³/mol. The van der Waals surface area contributed by atoms with Gasteiger partial charge in [-0.05, 0) is 50.0 Å². The van der Waals surface area contributed by atoms with Crippen molar-refractivity contribution < 1.29 is 9.53 Å². The summed E-state index contributed by atoms with van der Waals surface area (Å²) in [5.74, 6) is 0.920. The molecule has 1 heterocycles. The van der Waals surface area contributed by atoms with Crippen LogP contribution < -0.4 is 5.73 Å². The molecular weight excluding hydrogens is 272 g/mol. The van der Waals surface area contributed by atoms with Crippen molar-refractivity contribution in [3.05, 3.63) is 24.4 Å². The van der Waals surface area contributed by atoms with E-state index >= 15 is 0 Å². The molecule has 0 radical (unpaired) electrons. The molecule has 0 bridgehead atoms. The molecule has 1 fully saturated rings. The molecule has 0 saturated heterocycles. The van der Waals surface area contributed by atoms with Gasteiger partial charge in [-0.2, -0.15) is 0 Å². The van der Waals surface area contributed by atoms with E-state index in [-0.39, 0.29) is 11.9 Å². The standard InChI is InChI=1S/C15H22N2O2S/c1-2-19-14(18)15(16)9-5-6-12(15)8-11-20-13-7-3-4-10-17-13/h3-4,7,10,12H,2,5-6,8-9,11,16H2,1H3. The summed E-state index contributed by atoms with van der Waals surface area (Å²) in [7, 11) is 0. The van der Waals surface area contributed by atoms with E-state index in [0.717, 1.165) is 36.5 Å². The van der Waals surface area contributed by atoms with Crippen LogP contribution in [0.1, 0.15) is 32.6 Å². The van der Waals surface area contributed by atoms with Crippen LogP contribution in [0.15, 0.2) is 29.4 Å². The van der Waals surface area contributed by atoms with Crippen LogP contribution in [-0.2, 0) is 9.53 Å². The third-order valence-electron chi connectivity index (χ3n) is 3.88. The molecule has 2 atom stereocenters. The Morgan fingerprint density at radius 3 is 3.15 bits per heavy atom. The lowest BCUT2D eigenvalue weighted by atomic mass is 9.86. The van der Waals surface area contributed by atoms with Crippen LogP contribution in [-0.4, -0.2) is 28.9 Å². The molecule has 0 spiro atoms. The highest BCUT2D eigenvalue weighted by Crippen LogP contribution is 2.38. The number of ether oxygens (including phenoxy) is 1. The molecule has 2 N–H and O–H groups in total. The Bertz CT molecular complexity index is 441. The zero-order valence-electron chi connectivity index (χ0n) is 11.9. The van der Waals surface area contributed by atoms with E-state index in [1.165, 1.54) is 0 Å². The smallest absolute Gasteiger partial charge is 0.326 e. The Kier molecular flexibility index (Phi) is 5.43. The van der Waals surface area contributed by atoms with Gasteiger partial charge in [0.15, 0.2) is 0 Å². The fourth-order valence-corrected chi connectivity index (χ4v) is 3.70. The van der Waals surface area contributed by atoms with Gasteiger partial charge in [-0.15, -0.1) is 11.8 Å². The van der Waals surface area contributed by atoms with E-state index in [2.05, 4.69) is 4.98 Å². The van der Waals surface area contributed by atoms with Crippen molar-refractivity contribution in [1.82, 2.24) is 4.98 Å². The topological polar surface area (TPSA) is 65.2 Å². The number of hydrogen-bond acceptors (Lipinski definition) is 5. The summed E-state index contributed by atoms with van der Waals surface area (Å²) in [5, 5.41) is 1.02. The molecule has 2 rings (SSSR count). The quantitative estimate of drug-likeness (QED) is 0.645. The second-order valence-electron chi connectivity index (χ2n) is 5.16. The van der Waals surface area contributed by atoms with E-state index in [4.69, 9.17) is 10.5 Å². The maximum absolute atomic E-state index is 12.0. The van der Waals surface area contributed by atoms with E-state index in [1.807, 2.05) is 25.1 Å². The Labute approximate surface area is 124 Å². The van der Waals surface area contributed by atoms with Gasteiger partial charge in [0, 0.05) is 6.20 Å². The van der Waals surface area contributed by atoms with Gasteiger partial charge >= 0.3 is 5.97 Å². The summed E-state index contributed by atoms with van der Waals surface area (Å²) in [5.41, 5.74) is 5.54. The van der Waals surface area contributed by atoms with Crippen LogP contribution in [0.5, 0.6) is 0 Å². The van der Waals surface area contributed by atoms with Crippen LogP contribution in [0.3, 0.4) is 0 Å². The van der Waals surface area contributed by atoms with Crippen molar-refractivity contribution in [2.45, 2.75) is 43.2 Å². The molecule has 5 heteroatoms. The number of nitrogens with zero attached hydrogens (tertiary/aromatic N) is 1. The first-order valence-corrected chi connectivity index (χ1v) is 8.15. The van der Waals surface area contributed by atoms with Crippen molar-refractivity contribution >= 4 is 17.7 Å². The number of pyridine rings is 1. The van der Waals surface area contributed by atoms with Crippen molar-refractivity contribution in [2.75, 3.05) is 12.4 Å². The highest BCUT2D eigenvalue weighted by Gasteiger charge is 2.46. The fraction of sp³-hybridized carbons (Fsp3) is 0.600. The normalized spacial score (nSPS) is 25.6. The van der Waals surface area contributed by atoms with E-state index in [0.29, 0.717) is 6.61 Å². The van der Waals surface area contributed by atoms with Crippen molar-refractivity contribution in [3.8, 4) is 0 Å². The molecular formula is C15H22N2O2S. The van der Waals surface area contributed by atoms with Gasteiger partial charge in [0.05, 0.1) is 11.6 Å². The number of aromatic nitrogens is 1. The van der Waals surface area contributed by atoms with E-state index in [1.54, 1.807) is 18.0 Å². The maximum Gasteiger partial charge on any atom is 0.326 e. The second-order valence-corrected chi connectivity index (χ2v) is 6.27. The lowest BCUT2D eigenvalue weighted by molar-refractivity contribution is -0.151. The Morgan fingerprint density at radius 2 is 2.45 bits per heavy atom. The number of carbonyl (C=O) groups is 1. The summed E-state index contributed by atoms with van der Waals surface area (Å²) in [6.45, 7) is 2.22. The van der Waals surface area contributed by atoms with Gasteiger partial charge in [0.25, 0.3) is 0 Å². The van der Waals surface area contributed by atoms with Gasteiger partial charge in [-0.1, -0.05) is 12.5 Å². The molecule has 0 aliphatic heterocycles. The van der Waals surface area contributed by atoms with Gasteiger partial charge < -0.3 is 10.5 Å². The molecule has 1 aliphatic rings. The predicted octanol–water partition coefficient (Wildman–Crippen LogP) is 2.62. The van der Waals surface area contributed by atoms with Gasteiger partial charge in [0.1, 0.15) is 5.54 Å². The van der Waals surface area contributed by atoms with E-state index < -0.39 is 5.54 Å². The van der Waals surface area contributed by atoms with E-state index in [9.17, 15) is 4.79 Å². The molecule has 0 amide bonds. The minimum Gasteiger partial charge on any atom is -0.465 e. The summed E-state index contributed by atoms with van der Waals surface area (Å²) in [6.07, 6.45) is 5.48. The van der Waals surface area contributed by atoms with Crippen LogP contribution >= 0.6 is 11.8 Å². The summed E-state index contributed by atoms with van der Waals surface area (Å²) in [4.78, 5) is 16.3. The number of esters is 1. The monoisotopic (exact) mass is 294 g/mol. The maximum atomic E-state index is 12.0. The Balaban J connectivity index is 1.86. The highest BCUT2D eigenvalue weighted by molar-refractivity contribution is 7.99. The summed E-state index contributed by atoms with van der Waals surface area (Å²) in [6, 6.07) is 5.89. The minimum atomic E-state index is -0.777. The molecule has 1 aliphatic carbocycles. The Morgan fingerprint density at radius 1 is 1.60 bits per heavy atom. The van der Waals surface area contributed by atoms with Crippen LogP contribution in [0, 0.1) is 5.92 Å². The highest BCUT2D eigenvalue weighted by atomic mass is 32.2. The number of carbonyl (C=O) groups excluding carboxylic acids is 1. The number of hydrogen-bond donors (Lipinski definition) is 1. The third kappa shape index (κ3) is 3.52. The average molecular weight is 294 g/mol. The zero-order valence-corrected chi connectivity index (χ0v) is 12.7. The van der Waals surface area contributed by atoms with Gasteiger partial charge in [0.2, 0.25) is 0 Å². The molecule has 0 aromatic carbocycles. The third-order valence-corrected chi connectivity index (χ3v) is 4.86. The molecule has 20 heavy (non-hydrogen) atoms. The van der Waals surface area contributed by atoms with Crippen molar-refractivity contribution in [2.24, 2.45) is 11.7 Å². The average Bonchev–Trinajstić information content (AvgIpc) is 2.83. The van der Waals surface area contributed by atoms with Crippen molar-refractivity contribution in [3.63, 3.8) is 0 Å². The first-order chi connectivity index (χ1) is 9.66. The van der Waals surface area contributed by atoms with Gasteiger partial charge in [-0.25, -0.2) is 4.98 Å². The fourth-order valence-electron chi connectivity index (χ4n) is 2.78. The lowest BCUT2D eigenvalue weighted by Gasteiger charge is -2.28. The first kappa shape index (κ1) is 15.3. The molecule has 110 valence electrons. The molecule has 4 nitrogen and oxygen atoms in total. The minimum absolute atomic E-state index is 0.220. The number of rotatable bonds is 6. The van der Waals surface area contributed by atoms with Crippen LogP contribution in [0.25, 0.3) is 0 Å². The van der Waals surface area contributed by atoms with Crippen LogP contribution in [0.2, 0.25) is 0 Å². The first-order valence-electron chi connectivity index (χ1n) is 7.16. The molecule has 1 aromatic heterocycles. The Hall–Kier alpha value is -1.07. The molecule has 2 unspecified atom stereocenters. The van der Waals surface area contributed by atoms with Crippen molar-refractivity contribution in [1.29, 1.82) is 0 Å². The molecule has 1 saturated carbocycles. The summed E-state index contributed by atoms with van der Waals surface area (Å²) < 4.78 is 5.14. The number of thioether (sulfide) groups is 1. The summed E-state index contributed by atoms with van der Waals surface area (Å²) >= 11 is 1.71. The lowest BCUT2D eigenvalue weighted by Crippen LogP contribution is -2.52. The van der Waals surface area contributed by atoms with Crippen LogP contribution in [0.4, 0.5) is 0 Å². The van der Waals surface area contributed by atoms with Gasteiger partial charge in [-0.3, -0.25) is 4.79 Å². The largest absolute Gasteiger partial charge is 0.465 e. The zero-order chi connectivity index (χ0) is 14.4. The number of nitrogens with two attached hydrogens (primary N) is 1. The SMILES string of the molecule is CCOC(=O)C1(N)CCCC1CCSc1ccccn1. The molecule has 1 aromatic rings.